The van der Waals surface area contributed by atoms with Gasteiger partial charge < -0.3 is 4.98 Å². The van der Waals surface area contributed by atoms with E-state index in [2.05, 4.69) is 31.0 Å². The van der Waals surface area contributed by atoms with E-state index in [4.69, 9.17) is 0 Å². The Kier molecular flexibility index (Phi) is 5.53. The zero-order valence-corrected chi connectivity index (χ0v) is 12.6. The molecular weight excluding hydrogens is 386 g/mol. The van der Waals surface area contributed by atoms with Gasteiger partial charge in [-0.3, -0.25) is 0 Å². The first-order chi connectivity index (χ1) is 7.86. The van der Waals surface area contributed by atoms with E-state index < -0.39 is 0 Å². The SMILES string of the molecule is CCc1cc[c-]c(-c2ccccn2)c1CC.[Ir]. The average Bonchev–Trinajstić information content (AvgIpc) is 2.38. The van der Waals surface area contributed by atoms with Crippen LogP contribution in [-0.2, 0) is 32.9 Å². The van der Waals surface area contributed by atoms with E-state index in [1.807, 2.05) is 30.5 Å². The van der Waals surface area contributed by atoms with Gasteiger partial charge in [-0.25, -0.2) is 0 Å². The van der Waals surface area contributed by atoms with Crippen molar-refractivity contribution in [3.63, 3.8) is 0 Å². The molecule has 0 saturated carbocycles. The summed E-state index contributed by atoms with van der Waals surface area (Å²) in [6.45, 7) is 4.38. The maximum atomic E-state index is 4.40. The van der Waals surface area contributed by atoms with Crippen LogP contribution in [0, 0.1) is 6.07 Å². The Morgan fingerprint density at radius 3 is 2.53 bits per heavy atom. The van der Waals surface area contributed by atoms with Crippen LogP contribution in [-0.4, -0.2) is 4.98 Å². The first kappa shape index (κ1) is 14.1. The summed E-state index contributed by atoms with van der Waals surface area (Å²) >= 11 is 0. The van der Waals surface area contributed by atoms with E-state index in [0.717, 1.165) is 24.1 Å². The summed E-state index contributed by atoms with van der Waals surface area (Å²) in [7, 11) is 0. The molecule has 2 aromatic rings. The summed E-state index contributed by atoms with van der Waals surface area (Å²) in [5, 5.41) is 0. The summed E-state index contributed by atoms with van der Waals surface area (Å²) in [6, 6.07) is 13.5. The van der Waals surface area contributed by atoms with E-state index in [1.54, 1.807) is 0 Å². The van der Waals surface area contributed by atoms with Gasteiger partial charge in [0.05, 0.1) is 0 Å². The Morgan fingerprint density at radius 1 is 1.12 bits per heavy atom. The molecule has 0 N–H and O–H groups in total. The molecule has 1 aromatic carbocycles. The fraction of sp³-hybridized carbons (Fsp3) is 0.267. The first-order valence-corrected chi connectivity index (χ1v) is 5.80. The number of nitrogens with zero attached hydrogens (tertiary/aromatic N) is 1. The minimum absolute atomic E-state index is 0. The second kappa shape index (κ2) is 6.68. The number of benzene rings is 1. The minimum atomic E-state index is 0. The van der Waals surface area contributed by atoms with Crippen molar-refractivity contribution >= 4 is 0 Å². The predicted molar refractivity (Wildman–Crippen MR) is 67.3 cm³/mol. The maximum Gasteiger partial charge on any atom is 0.0160 e. The third-order valence-electron chi connectivity index (χ3n) is 2.86. The molecule has 0 saturated heterocycles. The van der Waals surface area contributed by atoms with Crippen molar-refractivity contribution in [1.29, 1.82) is 0 Å². The van der Waals surface area contributed by atoms with Crippen molar-refractivity contribution in [3.05, 3.63) is 53.7 Å². The number of aromatic nitrogens is 1. The second-order valence-electron chi connectivity index (χ2n) is 3.78. The molecule has 0 atom stereocenters. The van der Waals surface area contributed by atoms with E-state index in [1.165, 1.54) is 11.1 Å². The van der Waals surface area contributed by atoms with Crippen LogP contribution >= 0.6 is 0 Å². The topological polar surface area (TPSA) is 12.9 Å². The molecule has 0 fully saturated rings. The van der Waals surface area contributed by atoms with Crippen LogP contribution in [0.3, 0.4) is 0 Å². The van der Waals surface area contributed by atoms with Gasteiger partial charge in [-0.1, -0.05) is 32.4 Å². The van der Waals surface area contributed by atoms with E-state index in [-0.39, 0.29) is 20.1 Å². The third-order valence-corrected chi connectivity index (χ3v) is 2.86. The van der Waals surface area contributed by atoms with Crippen LogP contribution in [0.4, 0.5) is 0 Å². The molecule has 1 aromatic heterocycles. The van der Waals surface area contributed by atoms with Gasteiger partial charge in [0.1, 0.15) is 0 Å². The van der Waals surface area contributed by atoms with Gasteiger partial charge in [0.2, 0.25) is 0 Å². The predicted octanol–water partition coefficient (Wildman–Crippen LogP) is 3.67. The maximum absolute atomic E-state index is 4.40. The van der Waals surface area contributed by atoms with Gasteiger partial charge in [-0.05, 0) is 18.2 Å². The van der Waals surface area contributed by atoms with Gasteiger partial charge in [0.15, 0.2) is 0 Å². The van der Waals surface area contributed by atoms with Gasteiger partial charge in [-0.15, -0.1) is 34.9 Å². The normalized spacial score (nSPS) is 9.76. The van der Waals surface area contributed by atoms with Crippen LogP contribution in [0.5, 0.6) is 0 Å². The summed E-state index contributed by atoms with van der Waals surface area (Å²) in [5.41, 5.74) is 4.96. The molecule has 0 aliphatic rings. The molecule has 0 spiro atoms. The van der Waals surface area contributed by atoms with Crippen molar-refractivity contribution < 1.29 is 20.1 Å². The van der Waals surface area contributed by atoms with Crippen molar-refractivity contribution in [2.75, 3.05) is 0 Å². The molecular formula is C15H16IrN-. The molecule has 2 heteroatoms. The van der Waals surface area contributed by atoms with Crippen LogP contribution in [0.1, 0.15) is 25.0 Å². The van der Waals surface area contributed by atoms with Crippen molar-refractivity contribution in [2.24, 2.45) is 0 Å². The van der Waals surface area contributed by atoms with Gasteiger partial charge in [-0.2, -0.15) is 0 Å². The molecule has 0 aliphatic heterocycles. The Bertz CT molecular complexity index is 466. The summed E-state index contributed by atoms with van der Waals surface area (Å²) in [4.78, 5) is 4.40. The quantitative estimate of drug-likeness (QED) is 0.714. The second-order valence-corrected chi connectivity index (χ2v) is 3.78. The van der Waals surface area contributed by atoms with E-state index in [0.29, 0.717) is 0 Å². The van der Waals surface area contributed by atoms with Crippen molar-refractivity contribution in [2.45, 2.75) is 26.7 Å². The molecule has 1 radical (unpaired) electrons. The number of pyridine rings is 1. The van der Waals surface area contributed by atoms with Gasteiger partial charge >= 0.3 is 0 Å². The number of rotatable bonds is 3. The molecule has 0 bridgehead atoms. The molecule has 0 amide bonds. The molecule has 0 aliphatic carbocycles. The number of hydrogen-bond acceptors (Lipinski definition) is 1. The fourth-order valence-electron chi connectivity index (χ4n) is 2.05. The minimum Gasteiger partial charge on any atom is -0.305 e. The summed E-state index contributed by atoms with van der Waals surface area (Å²) in [5.74, 6) is 0. The molecule has 2 rings (SSSR count). The monoisotopic (exact) mass is 403 g/mol. The van der Waals surface area contributed by atoms with Gasteiger partial charge in [0, 0.05) is 26.3 Å². The number of aryl methyl sites for hydroxylation is 1. The Balaban J connectivity index is 0.00000144. The molecule has 1 heterocycles. The van der Waals surface area contributed by atoms with Crippen molar-refractivity contribution in [1.82, 2.24) is 4.98 Å². The van der Waals surface area contributed by atoms with Crippen LogP contribution in [0.2, 0.25) is 0 Å². The Morgan fingerprint density at radius 2 is 1.94 bits per heavy atom. The zero-order chi connectivity index (χ0) is 11.4. The smallest absolute Gasteiger partial charge is 0.0160 e. The molecule has 0 unspecified atom stereocenters. The van der Waals surface area contributed by atoms with Crippen LogP contribution < -0.4 is 0 Å². The summed E-state index contributed by atoms with van der Waals surface area (Å²) < 4.78 is 0. The largest absolute Gasteiger partial charge is 0.305 e. The summed E-state index contributed by atoms with van der Waals surface area (Å²) in [6.07, 6.45) is 3.94. The van der Waals surface area contributed by atoms with E-state index >= 15 is 0 Å². The average molecular weight is 403 g/mol. The van der Waals surface area contributed by atoms with Crippen LogP contribution in [0.15, 0.2) is 36.5 Å². The third kappa shape index (κ3) is 3.02. The van der Waals surface area contributed by atoms with Crippen LogP contribution in [0.25, 0.3) is 11.3 Å². The first-order valence-electron chi connectivity index (χ1n) is 5.80. The standard InChI is InChI=1S/C15H16N.Ir/c1-3-12-8-7-9-14(13(12)4-2)15-10-5-6-11-16-15;/h5-8,10-11H,3-4H2,1-2H3;/q-1;. The number of hydrogen-bond donors (Lipinski definition) is 0. The molecule has 1 nitrogen and oxygen atoms in total. The fourth-order valence-corrected chi connectivity index (χ4v) is 2.05. The van der Waals surface area contributed by atoms with Gasteiger partial charge in [0.25, 0.3) is 0 Å². The Hall–Kier alpha value is -0.981. The van der Waals surface area contributed by atoms with Crippen molar-refractivity contribution in [3.8, 4) is 11.3 Å². The molecule has 17 heavy (non-hydrogen) atoms. The zero-order valence-electron chi connectivity index (χ0n) is 10.2. The van der Waals surface area contributed by atoms with E-state index in [9.17, 15) is 0 Å². The Labute approximate surface area is 117 Å². The molecule has 91 valence electrons.